The Hall–Kier alpha value is -2.38. The molecule has 24 heteroatoms. The first-order chi connectivity index (χ1) is 38.1. The van der Waals surface area contributed by atoms with Gasteiger partial charge in [0.05, 0.1) is 85.9 Å². The van der Waals surface area contributed by atoms with E-state index in [2.05, 4.69) is 6.92 Å². The van der Waals surface area contributed by atoms with Crippen molar-refractivity contribution in [2.75, 3.05) is 13.6 Å². The molecular formula is C58H107NO23. The standard InChI is InChI=1S/C58H107NO23/c1-9-10-11-12-13-14-15-16-17-35(60)27-58(81)56(79)55(78)53(76)46(82-58)26-44(69)52(75)54(77)51(74)43(68)24-38(63)22-36(61)21-37(62)23-39(64)32(5)49(72)33(6)40(65)25-41(66)34(7)50(73)42(67)20-30(3)18-29(2)19-31(4)48(71)47-45(70)28-59(8)57(47)80/h19,29-30,32-44,46,49-56,60-69,71-79,81H,9-18,20-28H2,1-8H3/b31-19+,48-47?/t29-,30+,32-,33-,34-,35+,36-,37+,38-,39+,40-,41+,42+,43-,44-,46+,49+,50+,51-,52+,53+,54+,55-,56-,58-/m0/s1. The van der Waals surface area contributed by atoms with E-state index in [1.165, 1.54) is 39.1 Å². The minimum absolute atomic E-state index is 0.120. The molecular weight excluding hydrogens is 1080 g/mol. The number of carbonyl (C=O) groups is 2. The summed E-state index contributed by atoms with van der Waals surface area (Å²) in [7, 11) is 1.46. The van der Waals surface area contributed by atoms with Crippen molar-refractivity contribution < 1.29 is 116 Å². The van der Waals surface area contributed by atoms with Crippen molar-refractivity contribution in [2.24, 2.45) is 29.6 Å². The molecule has 0 bridgehead atoms. The van der Waals surface area contributed by atoms with Gasteiger partial charge >= 0.3 is 0 Å². The number of carbonyl (C=O) groups excluding carboxylic acids is 2. The van der Waals surface area contributed by atoms with E-state index in [0.717, 1.165) is 38.5 Å². The van der Waals surface area contributed by atoms with Gasteiger partial charge in [-0.05, 0) is 69.3 Å². The Morgan fingerprint density at radius 2 is 1.04 bits per heavy atom. The fourth-order valence-corrected chi connectivity index (χ4v) is 11.4. The Morgan fingerprint density at radius 1 is 0.573 bits per heavy atom. The van der Waals surface area contributed by atoms with Crippen molar-refractivity contribution >= 4 is 11.7 Å². The molecule has 0 aromatic heterocycles. The van der Waals surface area contributed by atoms with Crippen molar-refractivity contribution in [3.8, 4) is 0 Å². The van der Waals surface area contributed by atoms with Crippen molar-refractivity contribution in [1.29, 1.82) is 0 Å². The van der Waals surface area contributed by atoms with Gasteiger partial charge in [-0.25, -0.2) is 0 Å². The zero-order chi connectivity index (χ0) is 62.7. The Morgan fingerprint density at radius 3 is 1.56 bits per heavy atom. The zero-order valence-corrected chi connectivity index (χ0v) is 49.5. The van der Waals surface area contributed by atoms with Crippen LogP contribution < -0.4 is 0 Å². The van der Waals surface area contributed by atoms with Crippen LogP contribution in [0.25, 0.3) is 0 Å². The molecule has 0 aromatic rings. The Labute approximate surface area is 483 Å². The number of amides is 1. The molecule has 82 heavy (non-hydrogen) atoms. The summed E-state index contributed by atoms with van der Waals surface area (Å²) in [5, 5.41) is 216. The molecule has 2 aliphatic rings. The van der Waals surface area contributed by atoms with Gasteiger partial charge in [-0.3, -0.25) is 9.59 Å². The fraction of sp³-hybridized carbons (Fsp3) is 0.897. The van der Waals surface area contributed by atoms with E-state index < -0.39 is 183 Å². The number of hydrogen-bond acceptors (Lipinski definition) is 23. The summed E-state index contributed by atoms with van der Waals surface area (Å²) in [6.07, 6.45) is -25.5. The van der Waals surface area contributed by atoms with Gasteiger partial charge in [-0.2, -0.15) is 0 Å². The number of ether oxygens (including phenoxy) is 1. The number of hydrogen-bond donors (Lipinski definition) is 20. The van der Waals surface area contributed by atoms with Crippen LogP contribution in [0.5, 0.6) is 0 Å². The Bertz CT molecular complexity index is 1920. The third-order valence-electron chi connectivity index (χ3n) is 17.0. The highest BCUT2D eigenvalue weighted by Gasteiger charge is 2.54. The molecule has 0 saturated carbocycles. The first kappa shape index (κ1) is 75.7. The maximum atomic E-state index is 12.3. The van der Waals surface area contributed by atoms with E-state index in [0.29, 0.717) is 18.4 Å². The second-order valence-corrected chi connectivity index (χ2v) is 24.6. The molecule has 482 valence electrons. The highest BCUT2D eigenvalue weighted by atomic mass is 16.7. The van der Waals surface area contributed by atoms with Crippen LogP contribution in [0, 0.1) is 29.6 Å². The molecule has 2 heterocycles. The molecule has 1 amide bonds. The molecule has 0 aliphatic carbocycles. The smallest absolute Gasteiger partial charge is 0.261 e. The summed E-state index contributed by atoms with van der Waals surface area (Å²) in [6, 6.07) is 0. The average Bonchev–Trinajstić information content (AvgIpc) is 3.84. The molecule has 2 rings (SSSR count). The van der Waals surface area contributed by atoms with Crippen LogP contribution in [0.3, 0.4) is 0 Å². The van der Waals surface area contributed by atoms with Gasteiger partial charge in [0, 0.05) is 44.1 Å². The minimum Gasteiger partial charge on any atom is -0.507 e. The SMILES string of the molecule is CCCCCCCCCC[C@@H](O)C[C@]1(O)O[C@H](C[C@H](O)[C@@H](O)[C@H](O)[C@@H](O)[C@@H](O)C[C@@H](O)C[C@@H](O)C[C@@H](O)C[C@@H](O)[C@H](C)[C@@H](O)[C@@H](C)[C@@H](O)C[C@@H](O)[C@H](C)[C@@H](O)[C@H](O)C[C@H](C)C[C@H](C)/C=C(\C)C(O)=C2C(=O)CN(C)C2=O)[C@@H](O)[C@H](O)[C@@H]1O. The third kappa shape index (κ3) is 23.4. The number of nitrogens with zero attached hydrogens (tertiary/aromatic N) is 1. The van der Waals surface area contributed by atoms with Crippen molar-refractivity contribution in [3.05, 3.63) is 23.0 Å². The number of likely N-dealkylation sites (tertiary alicyclic amines) is 1. The number of aliphatic hydroxyl groups excluding tert-OH is 19. The lowest BCUT2D eigenvalue weighted by Gasteiger charge is -2.47. The van der Waals surface area contributed by atoms with Gasteiger partial charge in [-0.15, -0.1) is 0 Å². The number of Topliss-reactive ketones (excluding diaryl/α,β-unsaturated/α-hetero) is 1. The predicted octanol–water partition coefficient (Wildman–Crippen LogP) is -1.41. The summed E-state index contributed by atoms with van der Waals surface area (Å²) in [5.41, 5.74) is 0.0812. The molecule has 0 spiro atoms. The van der Waals surface area contributed by atoms with Crippen LogP contribution in [-0.4, -0.2) is 254 Å². The van der Waals surface area contributed by atoms with Gasteiger partial charge in [0.25, 0.3) is 5.91 Å². The number of ketones is 1. The van der Waals surface area contributed by atoms with Crippen molar-refractivity contribution in [3.63, 3.8) is 0 Å². The van der Waals surface area contributed by atoms with Gasteiger partial charge in [0.2, 0.25) is 0 Å². The van der Waals surface area contributed by atoms with E-state index in [4.69, 9.17) is 4.74 Å². The fourth-order valence-electron chi connectivity index (χ4n) is 11.4. The van der Waals surface area contributed by atoms with Crippen molar-refractivity contribution in [2.45, 2.75) is 286 Å². The number of allylic oxidation sites excluding steroid dienone is 2. The summed E-state index contributed by atoms with van der Waals surface area (Å²) in [5.74, 6) is -7.23. The van der Waals surface area contributed by atoms with E-state index in [1.54, 1.807) is 13.0 Å². The Kier molecular flexibility index (Phi) is 33.3. The molecule has 0 aromatic carbocycles. The highest BCUT2D eigenvalue weighted by Crippen LogP contribution is 2.36. The topological polar surface area (TPSA) is 451 Å². The van der Waals surface area contributed by atoms with Gasteiger partial charge in [0.15, 0.2) is 11.6 Å². The van der Waals surface area contributed by atoms with Crippen LogP contribution >= 0.6 is 0 Å². The maximum Gasteiger partial charge on any atom is 0.261 e. The molecule has 25 atom stereocenters. The molecule has 2 saturated heterocycles. The van der Waals surface area contributed by atoms with Crippen LogP contribution in [0.1, 0.15) is 164 Å². The van der Waals surface area contributed by atoms with Gasteiger partial charge < -0.3 is 112 Å². The number of aliphatic hydroxyl groups is 20. The van der Waals surface area contributed by atoms with E-state index in [-0.39, 0.29) is 55.4 Å². The molecule has 24 nitrogen and oxygen atoms in total. The quantitative estimate of drug-likeness (QED) is 0.0145. The second kappa shape index (κ2) is 36.1. The minimum atomic E-state index is -2.59. The Balaban J connectivity index is 1.83. The molecule has 0 unspecified atom stereocenters. The number of unbranched alkanes of at least 4 members (excludes halogenated alkanes) is 7. The summed E-state index contributed by atoms with van der Waals surface area (Å²) < 4.78 is 5.50. The zero-order valence-electron chi connectivity index (χ0n) is 49.5. The predicted molar refractivity (Wildman–Crippen MR) is 299 cm³/mol. The summed E-state index contributed by atoms with van der Waals surface area (Å²) in [4.78, 5) is 25.8. The first-order valence-corrected chi connectivity index (χ1v) is 29.7. The normalized spacial score (nSPS) is 28.3. The molecule has 2 fully saturated rings. The highest BCUT2D eigenvalue weighted by molar-refractivity contribution is 6.25. The van der Waals surface area contributed by atoms with E-state index in [1.807, 2.05) is 13.8 Å². The monoisotopic (exact) mass is 1190 g/mol. The van der Waals surface area contributed by atoms with Gasteiger partial charge in [-0.1, -0.05) is 99.0 Å². The lowest BCUT2D eigenvalue weighted by molar-refractivity contribution is -0.356. The number of likely N-dealkylation sites (N-methyl/N-ethyl adjacent to an activating group) is 1. The van der Waals surface area contributed by atoms with Crippen LogP contribution in [0.2, 0.25) is 0 Å². The number of rotatable bonds is 40. The summed E-state index contributed by atoms with van der Waals surface area (Å²) >= 11 is 0. The first-order valence-electron chi connectivity index (χ1n) is 29.7. The van der Waals surface area contributed by atoms with Crippen LogP contribution in [-0.2, 0) is 14.3 Å². The van der Waals surface area contributed by atoms with Crippen LogP contribution in [0.15, 0.2) is 23.0 Å². The third-order valence-corrected chi connectivity index (χ3v) is 17.0. The van der Waals surface area contributed by atoms with Crippen molar-refractivity contribution in [1.82, 2.24) is 4.90 Å². The average molecular weight is 1190 g/mol. The van der Waals surface area contributed by atoms with E-state index >= 15 is 0 Å². The van der Waals surface area contributed by atoms with Crippen LogP contribution in [0.4, 0.5) is 0 Å². The lowest BCUT2D eigenvalue weighted by Crippen LogP contribution is -2.65. The summed E-state index contributed by atoms with van der Waals surface area (Å²) in [6.45, 7) is 11.7. The van der Waals surface area contributed by atoms with E-state index in [9.17, 15) is 112 Å². The largest absolute Gasteiger partial charge is 0.507 e. The molecule has 0 radical (unpaired) electrons. The maximum absolute atomic E-state index is 12.3. The van der Waals surface area contributed by atoms with Gasteiger partial charge in [0.1, 0.15) is 48.0 Å². The molecule has 2 aliphatic heterocycles. The lowest BCUT2D eigenvalue weighted by atomic mass is 9.80. The molecule has 20 N–H and O–H groups in total. The second-order valence-electron chi connectivity index (χ2n) is 24.6.